The van der Waals surface area contributed by atoms with E-state index in [0.29, 0.717) is 30.8 Å². The van der Waals surface area contributed by atoms with Crippen LogP contribution in [0.3, 0.4) is 0 Å². The van der Waals surface area contributed by atoms with E-state index in [-0.39, 0.29) is 23.5 Å². The molecule has 1 saturated heterocycles. The van der Waals surface area contributed by atoms with Crippen LogP contribution in [-0.2, 0) is 26.6 Å². The van der Waals surface area contributed by atoms with Crippen molar-refractivity contribution in [2.45, 2.75) is 50.2 Å². The van der Waals surface area contributed by atoms with Crippen LogP contribution in [0, 0.1) is 0 Å². The van der Waals surface area contributed by atoms with Gasteiger partial charge in [0.15, 0.2) is 9.84 Å². The van der Waals surface area contributed by atoms with Crippen molar-refractivity contribution in [1.29, 1.82) is 0 Å². The van der Waals surface area contributed by atoms with Gasteiger partial charge in [0.1, 0.15) is 17.6 Å². The molecule has 7 nitrogen and oxygen atoms in total. The average molecular weight is 457 g/mol. The molecule has 32 heavy (non-hydrogen) atoms. The number of amides is 1. The minimum absolute atomic E-state index is 0.0937. The molecule has 170 valence electrons. The van der Waals surface area contributed by atoms with Crippen LogP contribution in [0.5, 0.6) is 11.5 Å². The molecule has 2 fully saturated rings. The van der Waals surface area contributed by atoms with Crippen LogP contribution >= 0.6 is 0 Å². The topological polar surface area (TPSA) is 98.9 Å². The Morgan fingerprint density at radius 2 is 1.81 bits per heavy atom. The van der Waals surface area contributed by atoms with Gasteiger partial charge in [-0.15, -0.1) is 0 Å². The van der Waals surface area contributed by atoms with Gasteiger partial charge in [0.05, 0.1) is 36.3 Å². The standard InChI is InChI=1S/C24H28N2O5S/c1-30-18-5-3-16(4-6-18)15-26-22-20(24(23(26)27)9-2-10-24)13-17(25)14-21(22)31-19-7-11-32(28,29)12-8-19/h3-6,13-14,19H,2,7-12,15,25H2,1H3. The van der Waals surface area contributed by atoms with Crippen LogP contribution in [0.4, 0.5) is 11.4 Å². The van der Waals surface area contributed by atoms with Crippen molar-refractivity contribution >= 4 is 27.1 Å². The minimum atomic E-state index is -2.99. The number of fused-ring (bicyclic) bond motifs is 2. The summed E-state index contributed by atoms with van der Waals surface area (Å²) in [7, 11) is -1.36. The van der Waals surface area contributed by atoms with E-state index < -0.39 is 15.3 Å². The summed E-state index contributed by atoms with van der Waals surface area (Å²) >= 11 is 0. The lowest BCUT2D eigenvalue weighted by atomic mass is 9.65. The summed E-state index contributed by atoms with van der Waals surface area (Å²) < 4.78 is 35.2. The van der Waals surface area contributed by atoms with E-state index in [2.05, 4.69) is 0 Å². The monoisotopic (exact) mass is 456 g/mol. The summed E-state index contributed by atoms with van der Waals surface area (Å²) in [4.78, 5) is 15.5. The van der Waals surface area contributed by atoms with E-state index in [4.69, 9.17) is 15.2 Å². The van der Waals surface area contributed by atoms with Crippen molar-refractivity contribution in [1.82, 2.24) is 0 Å². The molecule has 0 aromatic heterocycles. The summed E-state index contributed by atoms with van der Waals surface area (Å²) in [5.74, 6) is 1.69. The maximum absolute atomic E-state index is 13.7. The van der Waals surface area contributed by atoms with Crippen molar-refractivity contribution in [3.63, 3.8) is 0 Å². The molecule has 1 saturated carbocycles. The highest BCUT2D eigenvalue weighted by atomic mass is 32.2. The molecule has 2 heterocycles. The summed E-state index contributed by atoms with van der Waals surface area (Å²) in [5, 5.41) is 0. The summed E-state index contributed by atoms with van der Waals surface area (Å²) in [6.45, 7) is 0.427. The zero-order valence-electron chi connectivity index (χ0n) is 18.2. The van der Waals surface area contributed by atoms with Crippen LogP contribution in [0.2, 0.25) is 0 Å². The third-order valence-electron chi connectivity index (χ3n) is 7.04. The highest BCUT2D eigenvalue weighted by Gasteiger charge is 2.55. The van der Waals surface area contributed by atoms with Gasteiger partial charge in [0.25, 0.3) is 0 Å². The number of hydrogen-bond donors (Lipinski definition) is 1. The fourth-order valence-electron chi connectivity index (χ4n) is 5.08. The van der Waals surface area contributed by atoms with Gasteiger partial charge in [-0.2, -0.15) is 0 Å². The van der Waals surface area contributed by atoms with Crippen molar-refractivity contribution in [3.8, 4) is 11.5 Å². The number of methoxy groups -OCH3 is 1. The zero-order chi connectivity index (χ0) is 22.5. The molecule has 0 atom stereocenters. The first kappa shape index (κ1) is 21.1. The Labute approximate surface area is 188 Å². The molecular weight excluding hydrogens is 428 g/mol. The summed E-state index contributed by atoms with van der Waals surface area (Å²) in [5.41, 5.74) is 9.00. The number of sulfone groups is 1. The summed E-state index contributed by atoms with van der Waals surface area (Å²) in [6, 6.07) is 11.4. The Morgan fingerprint density at radius 3 is 2.41 bits per heavy atom. The number of benzene rings is 2. The average Bonchev–Trinajstić information content (AvgIpc) is 2.98. The van der Waals surface area contributed by atoms with Gasteiger partial charge in [-0.05, 0) is 55.0 Å². The van der Waals surface area contributed by atoms with Crippen molar-refractivity contribution in [2.24, 2.45) is 0 Å². The van der Waals surface area contributed by atoms with Gasteiger partial charge in [0.2, 0.25) is 5.91 Å². The van der Waals surface area contributed by atoms with E-state index in [9.17, 15) is 13.2 Å². The second kappa shape index (κ2) is 7.69. The highest BCUT2D eigenvalue weighted by Crippen LogP contribution is 2.57. The van der Waals surface area contributed by atoms with Crippen molar-refractivity contribution in [2.75, 3.05) is 29.2 Å². The quantitative estimate of drug-likeness (QED) is 0.694. The van der Waals surface area contributed by atoms with Crippen LogP contribution in [0.1, 0.15) is 43.2 Å². The molecule has 2 N–H and O–H groups in total. The molecule has 2 aromatic rings. The number of nitrogens with zero attached hydrogens (tertiary/aromatic N) is 1. The largest absolute Gasteiger partial charge is 0.497 e. The SMILES string of the molecule is COc1ccc(CN2C(=O)C3(CCC3)c3cc(N)cc(OC4CCS(=O)(=O)CC4)c32)cc1. The lowest BCUT2D eigenvalue weighted by Crippen LogP contribution is -2.44. The number of ether oxygens (including phenoxy) is 2. The Kier molecular flexibility index (Phi) is 5.08. The van der Waals surface area contributed by atoms with E-state index in [1.165, 1.54) is 0 Å². The molecule has 2 aromatic carbocycles. The van der Waals surface area contributed by atoms with Crippen LogP contribution in [-0.4, -0.2) is 39.0 Å². The number of anilines is 2. The zero-order valence-corrected chi connectivity index (χ0v) is 19.0. The molecule has 5 rings (SSSR count). The fraction of sp³-hybridized carbons (Fsp3) is 0.458. The lowest BCUT2D eigenvalue weighted by molar-refractivity contribution is -0.126. The fourth-order valence-corrected chi connectivity index (χ4v) is 6.53. The molecule has 2 aliphatic heterocycles. The first-order valence-corrected chi connectivity index (χ1v) is 12.9. The molecular formula is C24H28N2O5S. The van der Waals surface area contributed by atoms with E-state index >= 15 is 0 Å². The van der Waals surface area contributed by atoms with E-state index in [0.717, 1.165) is 41.8 Å². The van der Waals surface area contributed by atoms with Crippen molar-refractivity contribution < 1.29 is 22.7 Å². The normalized spacial score (nSPS) is 21.3. The highest BCUT2D eigenvalue weighted by molar-refractivity contribution is 7.91. The predicted octanol–water partition coefficient (Wildman–Crippen LogP) is 3.20. The smallest absolute Gasteiger partial charge is 0.238 e. The van der Waals surface area contributed by atoms with Crippen LogP contribution in [0.15, 0.2) is 36.4 Å². The van der Waals surface area contributed by atoms with Crippen molar-refractivity contribution in [3.05, 3.63) is 47.5 Å². The number of hydrogen-bond acceptors (Lipinski definition) is 6. The molecule has 0 radical (unpaired) electrons. The molecule has 0 bridgehead atoms. The van der Waals surface area contributed by atoms with E-state index in [1.54, 1.807) is 13.2 Å². The van der Waals surface area contributed by atoms with E-state index in [1.807, 2.05) is 35.2 Å². The molecule has 1 amide bonds. The van der Waals surface area contributed by atoms with Gasteiger partial charge in [-0.3, -0.25) is 4.79 Å². The molecule has 1 spiro atoms. The number of rotatable bonds is 5. The van der Waals surface area contributed by atoms with Gasteiger partial charge >= 0.3 is 0 Å². The Balaban J connectivity index is 1.51. The Hall–Kier alpha value is -2.74. The first-order valence-electron chi connectivity index (χ1n) is 11.1. The predicted molar refractivity (Wildman–Crippen MR) is 123 cm³/mol. The van der Waals surface area contributed by atoms with Crippen LogP contribution in [0.25, 0.3) is 0 Å². The maximum atomic E-state index is 13.7. The second-order valence-electron chi connectivity index (χ2n) is 9.06. The molecule has 1 aliphatic carbocycles. The number of carbonyl (C=O) groups is 1. The van der Waals surface area contributed by atoms with Gasteiger partial charge in [-0.1, -0.05) is 18.6 Å². The molecule has 3 aliphatic rings. The number of nitrogen functional groups attached to an aromatic ring is 1. The summed E-state index contributed by atoms with van der Waals surface area (Å²) in [6.07, 6.45) is 3.31. The third-order valence-corrected chi connectivity index (χ3v) is 8.75. The van der Waals surface area contributed by atoms with Gasteiger partial charge < -0.3 is 20.1 Å². The molecule has 8 heteroatoms. The lowest BCUT2D eigenvalue weighted by Gasteiger charge is -2.37. The third kappa shape index (κ3) is 3.50. The molecule has 0 unspecified atom stereocenters. The number of carbonyl (C=O) groups excluding carboxylic acids is 1. The van der Waals surface area contributed by atoms with Gasteiger partial charge in [0, 0.05) is 11.8 Å². The van der Waals surface area contributed by atoms with Gasteiger partial charge in [-0.25, -0.2) is 8.42 Å². The number of nitrogens with two attached hydrogens (primary N) is 1. The van der Waals surface area contributed by atoms with Crippen LogP contribution < -0.4 is 20.1 Å². The maximum Gasteiger partial charge on any atom is 0.238 e. The second-order valence-corrected chi connectivity index (χ2v) is 11.4. The first-order chi connectivity index (χ1) is 15.3. The Morgan fingerprint density at radius 1 is 1.12 bits per heavy atom. The Bertz CT molecular complexity index is 1140. The minimum Gasteiger partial charge on any atom is -0.497 e.